The fourth-order valence-electron chi connectivity index (χ4n) is 2.84. The summed E-state index contributed by atoms with van der Waals surface area (Å²) in [6, 6.07) is 10.1. The maximum absolute atomic E-state index is 12.9. The number of Topliss-reactive ketones (excluding diaryl/α,β-unsaturated/α-hetero) is 1. The van der Waals surface area contributed by atoms with Gasteiger partial charge >= 0.3 is 5.97 Å². The normalized spacial score (nSPS) is 15.1. The lowest BCUT2D eigenvalue weighted by atomic mass is 10.1. The van der Waals surface area contributed by atoms with Crippen molar-refractivity contribution in [3.63, 3.8) is 0 Å². The van der Waals surface area contributed by atoms with Gasteiger partial charge in [0, 0.05) is 10.0 Å². The first-order chi connectivity index (χ1) is 14.2. The van der Waals surface area contributed by atoms with Crippen molar-refractivity contribution in [3.8, 4) is 0 Å². The van der Waals surface area contributed by atoms with Gasteiger partial charge in [-0.3, -0.25) is 9.59 Å². The molecule has 30 heavy (non-hydrogen) atoms. The Labute approximate surface area is 182 Å². The van der Waals surface area contributed by atoms with Crippen LogP contribution < -0.4 is 0 Å². The van der Waals surface area contributed by atoms with Gasteiger partial charge in [-0.2, -0.15) is 0 Å². The predicted molar refractivity (Wildman–Crippen MR) is 111 cm³/mol. The predicted octanol–water partition coefficient (Wildman–Crippen LogP) is 3.35. The number of hydrogen-bond acceptors (Lipinski definition) is 6. The van der Waals surface area contributed by atoms with Crippen LogP contribution in [0.4, 0.5) is 0 Å². The third-order valence-corrected chi connectivity index (χ3v) is 6.61. The Morgan fingerprint density at radius 1 is 1.13 bits per heavy atom. The third kappa shape index (κ3) is 4.12. The molecule has 0 N–H and O–H groups in total. The van der Waals surface area contributed by atoms with Gasteiger partial charge in [0.2, 0.25) is 0 Å². The Kier molecular flexibility index (Phi) is 6.30. The molecular weight excluding hydrogens is 453 g/mol. The van der Waals surface area contributed by atoms with E-state index < -0.39 is 39.8 Å². The zero-order chi connectivity index (χ0) is 22.1. The number of ether oxygens (including phenoxy) is 1. The van der Waals surface area contributed by atoms with E-state index >= 15 is 0 Å². The molecule has 1 amide bonds. The van der Waals surface area contributed by atoms with E-state index in [1.807, 2.05) is 0 Å². The Balaban J connectivity index is 1.98. The minimum atomic E-state index is -4.21. The van der Waals surface area contributed by atoms with Crippen LogP contribution in [0.25, 0.3) is 6.08 Å². The van der Waals surface area contributed by atoms with Crippen molar-refractivity contribution in [3.05, 3.63) is 69.2 Å². The highest BCUT2D eigenvalue weighted by atomic mass is 35.5. The molecule has 0 aliphatic carbocycles. The minimum absolute atomic E-state index is 0.00973. The van der Waals surface area contributed by atoms with Crippen LogP contribution >= 0.6 is 23.2 Å². The molecule has 0 fully saturated rings. The first-order valence-electron chi connectivity index (χ1n) is 8.70. The monoisotopic (exact) mass is 467 g/mol. The number of sulfonamides is 1. The van der Waals surface area contributed by atoms with Crippen molar-refractivity contribution in [1.82, 2.24) is 4.31 Å². The molecule has 0 bridgehead atoms. The van der Waals surface area contributed by atoms with E-state index in [0.717, 1.165) is 0 Å². The van der Waals surface area contributed by atoms with Crippen LogP contribution in [0.5, 0.6) is 0 Å². The lowest BCUT2D eigenvalue weighted by molar-refractivity contribution is -0.139. The lowest BCUT2D eigenvalue weighted by Crippen LogP contribution is -2.36. The Morgan fingerprint density at radius 3 is 2.47 bits per heavy atom. The summed E-state index contributed by atoms with van der Waals surface area (Å²) in [6.45, 7) is 0.691. The Morgan fingerprint density at radius 2 is 1.83 bits per heavy atom. The van der Waals surface area contributed by atoms with Gasteiger partial charge in [0.05, 0.1) is 12.2 Å². The molecule has 3 rings (SSSR count). The zero-order valence-electron chi connectivity index (χ0n) is 15.6. The molecule has 0 spiro atoms. The second-order valence-electron chi connectivity index (χ2n) is 6.18. The number of hydrogen-bond donors (Lipinski definition) is 0. The number of amides is 1. The number of fused-ring (bicyclic) bond motifs is 1. The molecular formula is C20H15Cl2NO6S. The molecule has 2 aromatic carbocycles. The second-order valence-corrected chi connectivity index (χ2v) is 8.85. The van der Waals surface area contributed by atoms with E-state index in [2.05, 4.69) is 0 Å². The highest BCUT2D eigenvalue weighted by molar-refractivity contribution is 7.90. The van der Waals surface area contributed by atoms with Gasteiger partial charge in [-0.25, -0.2) is 17.5 Å². The molecule has 0 atom stereocenters. The fourth-order valence-corrected chi connectivity index (χ4v) is 4.83. The molecule has 156 valence electrons. The number of esters is 1. The first-order valence-corrected chi connectivity index (χ1v) is 10.9. The maximum Gasteiger partial charge on any atom is 0.341 e. The van der Waals surface area contributed by atoms with E-state index in [4.69, 9.17) is 27.9 Å². The van der Waals surface area contributed by atoms with Crippen molar-refractivity contribution < 1.29 is 27.5 Å². The highest BCUT2D eigenvalue weighted by Gasteiger charge is 2.42. The standard InChI is InChI=1S/C20H15Cl2NO6S/c1-2-29-20(26)15(9-12-7-8-13(21)10-16(12)22)17(24)11-23-19(25)14-5-3-4-6-18(14)30(23,27)28/h3-10H,2,11H2,1H3/b15-9-. The zero-order valence-corrected chi connectivity index (χ0v) is 17.9. The van der Waals surface area contributed by atoms with Gasteiger partial charge in [-0.05, 0) is 42.8 Å². The maximum atomic E-state index is 12.9. The smallest absolute Gasteiger partial charge is 0.341 e. The van der Waals surface area contributed by atoms with Crippen LogP contribution in [0, 0.1) is 0 Å². The molecule has 0 saturated carbocycles. The van der Waals surface area contributed by atoms with Crippen molar-refractivity contribution in [2.45, 2.75) is 11.8 Å². The van der Waals surface area contributed by atoms with Gasteiger partial charge in [0.25, 0.3) is 15.9 Å². The molecule has 0 aromatic heterocycles. The lowest BCUT2D eigenvalue weighted by Gasteiger charge is -2.15. The largest absolute Gasteiger partial charge is 0.462 e. The summed E-state index contributed by atoms with van der Waals surface area (Å²) in [5.74, 6) is -2.72. The average molecular weight is 468 g/mol. The second kappa shape index (κ2) is 8.59. The van der Waals surface area contributed by atoms with E-state index in [1.54, 1.807) is 6.92 Å². The van der Waals surface area contributed by atoms with Crippen molar-refractivity contribution >= 4 is 57.0 Å². The molecule has 2 aromatic rings. The molecule has 1 aliphatic rings. The quantitative estimate of drug-likeness (QED) is 0.279. The SMILES string of the molecule is CCOC(=O)/C(=C\c1ccc(Cl)cc1Cl)C(=O)CN1C(=O)c2ccccc2S1(=O)=O. The molecule has 1 heterocycles. The topological polar surface area (TPSA) is 97.8 Å². The van der Waals surface area contributed by atoms with Crippen molar-refractivity contribution in [1.29, 1.82) is 0 Å². The van der Waals surface area contributed by atoms with Gasteiger partial charge in [0.1, 0.15) is 17.0 Å². The van der Waals surface area contributed by atoms with Crippen molar-refractivity contribution in [2.24, 2.45) is 0 Å². The van der Waals surface area contributed by atoms with E-state index in [-0.39, 0.29) is 22.1 Å². The molecule has 0 saturated heterocycles. The summed E-state index contributed by atoms with van der Waals surface area (Å²) in [5, 5.41) is 0.530. The van der Waals surface area contributed by atoms with E-state index in [0.29, 0.717) is 14.9 Å². The van der Waals surface area contributed by atoms with Gasteiger partial charge < -0.3 is 4.74 Å². The van der Waals surface area contributed by atoms with Crippen LogP contribution in [0.15, 0.2) is 52.9 Å². The summed E-state index contributed by atoms with van der Waals surface area (Å²) in [4.78, 5) is 37.6. The Hall–Kier alpha value is -2.68. The van der Waals surface area contributed by atoms with Gasteiger partial charge in [0.15, 0.2) is 5.78 Å². The van der Waals surface area contributed by atoms with Crippen molar-refractivity contribution in [2.75, 3.05) is 13.2 Å². The van der Waals surface area contributed by atoms with E-state index in [9.17, 15) is 22.8 Å². The highest BCUT2D eigenvalue weighted by Crippen LogP contribution is 2.30. The number of nitrogens with zero attached hydrogens (tertiary/aromatic N) is 1. The number of ketones is 1. The van der Waals surface area contributed by atoms with Crippen LogP contribution in [-0.4, -0.2) is 43.5 Å². The average Bonchev–Trinajstić information content (AvgIpc) is 2.88. The van der Waals surface area contributed by atoms with Crippen LogP contribution in [0.1, 0.15) is 22.8 Å². The summed E-state index contributed by atoms with van der Waals surface area (Å²) >= 11 is 12.0. The minimum Gasteiger partial charge on any atom is -0.462 e. The fraction of sp³-hybridized carbons (Fsp3) is 0.150. The third-order valence-electron chi connectivity index (χ3n) is 4.26. The summed E-state index contributed by atoms with van der Waals surface area (Å²) in [5.41, 5.74) is -0.177. The number of carbonyl (C=O) groups excluding carboxylic acids is 3. The Bertz CT molecular complexity index is 1190. The number of carbonyl (C=O) groups is 3. The number of rotatable bonds is 6. The summed E-state index contributed by atoms with van der Waals surface area (Å²) in [6.07, 6.45) is 1.18. The molecule has 7 nitrogen and oxygen atoms in total. The summed E-state index contributed by atoms with van der Waals surface area (Å²) in [7, 11) is -4.21. The van der Waals surface area contributed by atoms with Crippen LogP contribution in [0.3, 0.4) is 0 Å². The molecule has 1 aliphatic heterocycles. The van der Waals surface area contributed by atoms with Gasteiger partial charge in [-0.15, -0.1) is 0 Å². The van der Waals surface area contributed by atoms with Crippen LogP contribution in [-0.2, 0) is 24.3 Å². The summed E-state index contributed by atoms with van der Waals surface area (Å²) < 4.78 is 30.7. The first kappa shape index (κ1) is 22.0. The molecule has 0 unspecified atom stereocenters. The number of benzene rings is 2. The molecule has 10 heteroatoms. The number of halogens is 2. The van der Waals surface area contributed by atoms with Crippen LogP contribution in [0.2, 0.25) is 10.0 Å². The van der Waals surface area contributed by atoms with Gasteiger partial charge in [-0.1, -0.05) is 41.4 Å². The molecule has 0 radical (unpaired) electrons. The van der Waals surface area contributed by atoms with E-state index in [1.165, 1.54) is 48.5 Å².